The summed E-state index contributed by atoms with van der Waals surface area (Å²) in [5, 5.41) is 24.9. The molecule has 0 saturated carbocycles. The van der Waals surface area contributed by atoms with Crippen molar-refractivity contribution in [2.75, 3.05) is 12.4 Å². The van der Waals surface area contributed by atoms with E-state index in [4.69, 9.17) is 5.11 Å². The topological polar surface area (TPSA) is 122 Å². The molecule has 3 N–H and O–H groups in total. The van der Waals surface area contributed by atoms with Gasteiger partial charge in [0.25, 0.3) is 11.6 Å². The molecule has 8 heteroatoms. The summed E-state index contributed by atoms with van der Waals surface area (Å²) in [6, 6.07) is 3.72. The first-order valence-corrected chi connectivity index (χ1v) is 6.34. The predicted molar refractivity (Wildman–Crippen MR) is 76.4 cm³/mol. The van der Waals surface area contributed by atoms with Crippen LogP contribution in [0.15, 0.2) is 18.2 Å². The number of rotatable bonds is 7. The minimum absolute atomic E-state index is 0.0445. The Morgan fingerprint density at radius 1 is 1.43 bits per heavy atom. The normalized spacial score (nSPS) is 11.5. The van der Waals surface area contributed by atoms with Crippen LogP contribution in [0.25, 0.3) is 0 Å². The summed E-state index contributed by atoms with van der Waals surface area (Å²) in [4.78, 5) is 32.5. The van der Waals surface area contributed by atoms with Crippen molar-refractivity contribution in [2.24, 2.45) is 0 Å². The van der Waals surface area contributed by atoms with Gasteiger partial charge < -0.3 is 15.7 Å². The van der Waals surface area contributed by atoms with Crippen molar-refractivity contribution in [2.45, 2.75) is 25.8 Å². The minimum atomic E-state index is -0.933. The molecule has 0 aliphatic carbocycles. The van der Waals surface area contributed by atoms with Crippen LogP contribution in [0, 0.1) is 10.1 Å². The van der Waals surface area contributed by atoms with E-state index >= 15 is 0 Å². The van der Waals surface area contributed by atoms with Gasteiger partial charge in [-0.05, 0) is 25.5 Å². The highest BCUT2D eigenvalue weighted by atomic mass is 16.6. The van der Waals surface area contributed by atoms with Gasteiger partial charge >= 0.3 is 5.97 Å². The van der Waals surface area contributed by atoms with E-state index in [-0.39, 0.29) is 35.3 Å². The number of nitro groups is 1. The second kappa shape index (κ2) is 7.22. The first kappa shape index (κ1) is 16.4. The van der Waals surface area contributed by atoms with Crippen LogP contribution in [0.1, 0.15) is 30.1 Å². The lowest BCUT2D eigenvalue weighted by Gasteiger charge is -2.15. The Hall–Kier alpha value is -2.64. The van der Waals surface area contributed by atoms with Gasteiger partial charge in [0.1, 0.15) is 5.69 Å². The van der Waals surface area contributed by atoms with Crippen molar-refractivity contribution in [1.82, 2.24) is 5.32 Å². The molecule has 0 aliphatic heterocycles. The number of anilines is 1. The number of benzene rings is 1. The molecule has 0 spiro atoms. The summed E-state index contributed by atoms with van der Waals surface area (Å²) >= 11 is 0. The molecule has 1 aromatic carbocycles. The van der Waals surface area contributed by atoms with Crippen molar-refractivity contribution in [1.29, 1.82) is 0 Å². The lowest BCUT2D eigenvalue weighted by Crippen LogP contribution is -2.20. The number of hydrogen-bond acceptors (Lipinski definition) is 5. The van der Waals surface area contributed by atoms with Crippen LogP contribution < -0.4 is 10.6 Å². The molecule has 0 aliphatic rings. The molecule has 1 aromatic rings. The van der Waals surface area contributed by atoms with Crippen molar-refractivity contribution in [3.05, 3.63) is 33.9 Å². The number of nitro benzene ring substituents is 1. The van der Waals surface area contributed by atoms with E-state index in [2.05, 4.69) is 10.6 Å². The molecule has 0 heterocycles. The molecular formula is C13H17N3O5. The van der Waals surface area contributed by atoms with Gasteiger partial charge in [0, 0.05) is 31.1 Å². The van der Waals surface area contributed by atoms with Crippen molar-refractivity contribution >= 4 is 23.3 Å². The molecule has 0 radical (unpaired) electrons. The summed E-state index contributed by atoms with van der Waals surface area (Å²) < 4.78 is 0. The molecule has 8 nitrogen and oxygen atoms in total. The highest BCUT2D eigenvalue weighted by molar-refractivity contribution is 5.95. The Morgan fingerprint density at radius 3 is 2.62 bits per heavy atom. The molecule has 0 saturated heterocycles. The van der Waals surface area contributed by atoms with E-state index in [9.17, 15) is 19.7 Å². The molecule has 1 amide bonds. The highest BCUT2D eigenvalue weighted by Crippen LogP contribution is 2.26. The number of nitrogens with one attached hydrogen (secondary N) is 2. The fraction of sp³-hybridized carbons (Fsp3) is 0.385. The van der Waals surface area contributed by atoms with Crippen LogP contribution in [0.4, 0.5) is 11.4 Å². The number of carbonyl (C=O) groups is 2. The maximum absolute atomic E-state index is 11.6. The Balaban J connectivity index is 2.98. The minimum Gasteiger partial charge on any atom is -0.481 e. The molecule has 1 rings (SSSR count). The second-order valence-corrected chi connectivity index (χ2v) is 4.55. The van der Waals surface area contributed by atoms with E-state index in [0.29, 0.717) is 6.42 Å². The third-order valence-electron chi connectivity index (χ3n) is 2.88. The van der Waals surface area contributed by atoms with Crippen molar-refractivity contribution in [3.63, 3.8) is 0 Å². The summed E-state index contributed by atoms with van der Waals surface area (Å²) in [6.07, 6.45) is 0.272. The van der Waals surface area contributed by atoms with Crippen molar-refractivity contribution < 1.29 is 19.6 Å². The van der Waals surface area contributed by atoms with E-state index in [1.807, 2.05) is 0 Å². The van der Waals surface area contributed by atoms with E-state index in [0.717, 1.165) is 0 Å². The smallest absolute Gasteiger partial charge is 0.303 e. The van der Waals surface area contributed by atoms with Gasteiger partial charge in [0.05, 0.1) is 4.92 Å². The quantitative estimate of drug-likeness (QED) is 0.519. The fourth-order valence-electron chi connectivity index (χ4n) is 1.77. The Bertz CT molecular complexity index is 559. The van der Waals surface area contributed by atoms with Gasteiger partial charge in [0.2, 0.25) is 0 Å². The van der Waals surface area contributed by atoms with Crippen LogP contribution in [0.2, 0.25) is 0 Å². The van der Waals surface area contributed by atoms with Gasteiger partial charge in [-0.25, -0.2) is 0 Å². The van der Waals surface area contributed by atoms with Crippen molar-refractivity contribution in [3.8, 4) is 0 Å². The summed E-state index contributed by atoms with van der Waals surface area (Å²) in [6.45, 7) is 1.72. The van der Waals surface area contributed by atoms with E-state index < -0.39 is 10.9 Å². The third kappa shape index (κ3) is 4.75. The number of nitrogens with zero attached hydrogens (tertiary/aromatic N) is 1. The van der Waals surface area contributed by atoms with Gasteiger partial charge in [-0.2, -0.15) is 0 Å². The van der Waals surface area contributed by atoms with Gasteiger partial charge in [-0.15, -0.1) is 0 Å². The molecule has 0 aromatic heterocycles. The monoisotopic (exact) mass is 295 g/mol. The molecule has 114 valence electrons. The Morgan fingerprint density at radius 2 is 2.10 bits per heavy atom. The first-order chi connectivity index (χ1) is 9.85. The van der Waals surface area contributed by atoms with Gasteiger partial charge in [-0.1, -0.05) is 0 Å². The lowest BCUT2D eigenvalue weighted by atomic mass is 10.1. The zero-order valence-corrected chi connectivity index (χ0v) is 11.8. The Kier molecular flexibility index (Phi) is 5.65. The number of amides is 1. The maximum atomic E-state index is 11.6. The largest absolute Gasteiger partial charge is 0.481 e. The van der Waals surface area contributed by atoms with Crippen LogP contribution in [0.5, 0.6) is 0 Å². The molecule has 1 atom stereocenters. The predicted octanol–water partition coefficient (Wildman–Crippen LogP) is 1.62. The SMILES string of the molecule is CNC(=O)c1ccc([N+](=O)[O-])c(NC(C)CCC(=O)O)c1. The number of carboxylic acids is 1. The number of carboxylic acid groups (broad SMARTS) is 1. The van der Waals surface area contributed by atoms with E-state index in [1.54, 1.807) is 6.92 Å². The van der Waals surface area contributed by atoms with Crippen LogP contribution in [-0.2, 0) is 4.79 Å². The third-order valence-corrected chi connectivity index (χ3v) is 2.88. The summed E-state index contributed by atoms with van der Waals surface area (Å²) in [5.41, 5.74) is 0.319. The van der Waals surface area contributed by atoms with Gasteiger partial charge in [0.15, 0.2) is 0 Å². The summed E-state index contributed by atoms with van der Waals surface area (Å²) in [7, 11) is 1.46. The molecular weight excluding hydrogens is 278 g/mol. The second-order valence-electron chi connectivity index (χ2n) is 4.55. The highest BCUT2D eigenvalue weighted by Gasteiger charge is 2.18. The summed E-state index contributed by atoms with van der Waals surface area (Å²) in [5.74, 6) is -1.29. The zero-order valence-electron chi connectivity index (χ0n) is 11.8. The maximum Gasteiger partial charge on any atom is 0.303 e. The number of aliphatic carboxylic acids is 1. The number of hydrogen-bond donors (Lipinski definition) is 3. The Labute approximate surface area is 121 Å². The first-order valence-electron chi connectivity index (χ1n) is 6.34. The lowest BCUT2D eigenvalue weighted by molar-refractivity contribution is -0.384. The standard InChI is InChI=1S/C13H17N3O5/c1-8(3-6-12(17)18)15-10-7-9(13(19)14-2)4-5-11(10)16(20)21/h4-5,7-8,15H,3,6H2,1-2H3,(H,14,19)(H,17,18). The van der Waals surface area contributed by atoms with Crippen LogP contribution >= 0.6 is 0 Å². The molecule has 1 unspecified atom stereocenters. The average molecular weight is 295 g/mol. The van der Waals surface area contributed by atoms with Crippen LogP contribution in [0.3, 0.4) is 0 Å². The fourth-order valence-corrected chi connectivity index (χ4v) is 1.77. The number of carbonyl (C=O) groups excluding carboxylic acids is 1. The molecule has 0 fully saturated rings. The van der Waals surface area contributed by atoms with Crippen LogP contribution in [-0.4, -0.2) is 35.0 Å². The van der Waals surface area contributed by atoms with Gasteiger partial charge in [-0.3, -0.25) is 19.7 Å². The average Bonchev–Trinajstić information content (AvgIpc) is 2.43. The van der Waals surface area contributed by atoms with E-state index in [1.165, 1.54) is 25.2 Å². The molecule has 0 bridgehead atoms. The zero-order chi connectivity index (χ0) is 16.0. The molecule has 21 heavy (non-hydrogen) atoms.